The van der Waals surface area contributed by atoms with Crippen LogP contribution in [0.2, 0.25) is 5.02 Å². The molecule has 3 aromatic carbocycles. The van der Waals surface area contributed by atoms with Gasteiger partial charge in [-0.3, -0.25) is 4.90 Å². The Bertz CT molecular complexity index is 1640. The number of hydrogen-bond donors (Lipinski definition) is 2. The predicted molar refractivity (Wildman–Crippen MR) is 158 cm³/mol. The third-order valence-electron chi connectivity index (χ3n) is 9.61. The van der Waals surface area contributed by atoms with Gasteiger partial charge in [0.2, 0.25) is 5.95 Å². The standard InChI is InChI=1S/C31H32ClFN6O/c1-37-20-8-9-21(37)16-39(15-20)31-35-29-25(30(36-31)38-13-18-6-7-19(14-38)34-18)12-26(32)27(28(29)33)24-11-22(40)10-17-4-2-3-5-23(17)24/h2-5,10-12,18-21,34,40H,6-9,13-16H2,1H3. The van der Waals surface area contributed by atoms with Crippen LogP contribution >= 0.6 is 11.6 Å². The van der Waals surface area contributed by atoms with Crippen LogP contribution in [0.15, 0.2) is 42.5 Å². The van der Waals surface area contributed by atoms with Crippen molar-refractivity contribution in [3.05, 3.63) is 53.3 Å². The van der Waals surface area contributed by atoms with E-state index in [2.05, 4.69) is 27.1 Å². The number of aromatic hydroxyl groups is 1. The Hall–Kier alpha value is -3.20. The van der Waals surface area contributed by atoms with Gasteiger partial charge in [0, 0.05) is 61.3 Å². The van der Waals surface area contributed by atoms with Gasteiger partial charge in [-0.1, -0.05) is 35.9 Å². The zero-order chi connectivity index (χ0) is 27.1. The van der Waals surface area contributed by atoms with Gasteiger partial charge < -0.3 is 20.2 Å². The highest BCUT2D eigenvalue weighted by molar-refractivity contribution is 6.35. The van der Waals surface area contributed by atoms with Crippen molar-refractivity contribution >= 4 is 45.0 Å². The lowest BCUT2D eigenvalue weighted by molar-refractivity contribution is 0.211. The summed E-state index contributed by atoms with van der Waals surface area (Å²) in [6.45, 7) is 3.33. The van der Waals surface area contributed by atoms with E-state index in [4.69, 9.17) is 21.6 Å². The molecule has 1 aromatic heterocycles. The van der Waals surface area contributed by atoms with Crippen molar-refractivity contribution in [1.29, 1.82) is 0 Å². The number of fused-ring (bicyclic) bond motifs is 6. The van der Waals surface area contributed by atoms with E-state index in [1.165, 1.54) is 0 Å². The lowest BCUT2D eigenvalue weighted by Gasteiger charge is -2.39. The number of nitrogens with zero attached hydrogens (tertiary/aromatic N) is 5. The van der Waals surface area contributed by atoms with Crippen molar-refractivity contribution < 1.29 is 9.50 Å². The van der Waals surface area contributed by atoms with Crippen molar-refractivity contribution in [3.63, 3.8) is 0 Å². The number of halogens is 2. The fourth-order valence-electron chi connectivity index (χ4n) is 7.55. The number of likely N-dealkylation sites (N-methyl/N-ethyl adjacent to an activating group) is 1. The molecule has 40 heavy (non-hydrogen) atoms. The van der Waals surface area contributed by atoms with Crippen molar-refractivity contribution in [3.8, 4) is 16.9 Å². The van der Waals surface area contributed by atoms with Crippen LogP contribution in [0.1, 0.15) is 25.7 Å². The number of piperazine rings is 2. The van der Waals surface area contributed by atoms with Gasteiger partial charge in [0.15, 0.2) is 5.82 Å². The largest absolute Gasteiger partial charge is 0.508 e. The second-order valence-corrected chi connectivity index (χ2v) is 12.4. The number of aromatic nitrogens is 2. The maximum atomic E-state index is 16.8. The summed E-state index contributed by atoms with van der Waals surface area (Å²) in [7, 11) is 2.20. The summed E-state index contributed by atoms with van der Waals surface area (Å²) in [5, 5.41) is 16.8. The Morgan fingerprint density at radius 1 is 0.900 bits per heavy atom. The molecule has 4 fully saturated rings. The first-order valence-corrected chi connectivity index (χ1v) is 14.7. The second-order valence-electron chi connectivity index (χ2n) is 12.0. The SMILES string of the molecule is CN1C2CCC1CN(c1nc(N3CC4CCC(C3)N4)c3cc(Cl)c(-c4cc(O)cc5ccccc45)c(F)c3n1)C2. The topological polar surface area (TPSA) is 67.8 Å². The average Bonchev–Trinajstić information content (AvgIpc) is 3.36. The Kier molecular flexibility index (Phi) is 5.63. The van der Waals surface area contributed by atoms with Crippen LogP contribution in [0.5, 0.6) is 5.75 Å². The first-order chi connectivity index (χ1) is 19.4. The summed E-state index contributed by atoms with van der Waals surface area (Å²) in [4.78, 5) is 17.1. The van der Waals surface area contributed by atoms with E-state index in [1.807, 2.05) is 30.3 Å². The number of phenolic OH excluding ortho intramolecular Hbond substituents is 1. The molecule has 0 spiro atoms. The molecule has 0 aliphatic carbocycles. The normalized spacial score (nSPS) is 26.4. The summed E-state index contributed by atoms with van der Waals surface area (Å²) in [5.74, 6) is 0.944. The molecule has 5 heterocycles. The molecular formula is C31H32ClFN6O. The minimum absolute atomic E-state index is 0.0672. The molecule has 4 unspecified atom stereocenters. The highest BCUT2D eigenvalue weighted by atomic mass is 35.5. The first-order valence-electron chi connectivity index (χ1n) is 14.3. The molecule has 4 bridgehead atoms. The molecule has 0 saturated carbocycles. The van der Waals surface area contributed by atoms with Crippen LogP contribution in [0, 0.1) is 5.82 Å². The van der Waals surface area contributed by atoms with E-state index < -0.39 is 5.82 Å². The molecule has 0 amide bonds. The third kappa shape index (κ3) is 3.84. The molecular weight excluding hydrogens is 527 g/mol. The maximum absolute atomic E-state index is 16.8. The molecule has 4 aromatic rings. The number of rotatable bonds is 3. The molecule has 0 radical (unpaired) electrons. The van der Waals surface area contributed by atoms with Gasteiger partial charge in [0.05, 0.1) is 5.02 Å². The van der Waals surface area contributed by atoms with Crippen molar-refractivity contribution in [2.24, 2.45) is 0 Å². The zero-order valence-corrected chi connectivity index (χ0v) is 23.2. The molecule has 206 valence electrons. The molecule has 9 heteroatoms. The first kappa shape index (κ1) is 24.6. The summed E-state index contributed by atoms with van der Waals surface area (Å²) >= 11 is 6.90. The minimum atomic E-state index is -0.474. The fraction of sp³-hybridized carbons (Fsp3) is 0.419. The maximum Gasteiger partial charge on any atom is 0.228 e. The van der Waals surface area contributed by atoms with Gasteiger partial charge in [0.25, 0.3) is 0 Å². The lowest BCUT2D eigenvalue weighted by Crippen LogP contribution is -2.53. The quantitative estimate of drug-likeness (QED) is 0.359. The molecule has 4 aliphatic heterocycles. The van der Waals surface area contributed by atoms with Crippen LogP contribution < -0.4 is 15.1 Å². The van der Waals surface area contributed by atoms with Gasteiger partial charge in [-0.15, -0.1) is 0 Å². The average molecular weight is 559 g/mol. The molecule has 4 saturated heterocycles. The lowest BCUT2D eigenvalue weighted by atomic mass is 9.96. The molecule has 7 nitrogen and oxygen atoms in total. The van der Waals surface area contributed by atoms with Crippen LogP contribution in [0.25, 0.3) is 32.8 Å². The highest BCUT2D eigenvalue weighted by Crippen LogP contribution is 2.43. The number of nitrogens with one attached hydrogen (secondary N) is 1. The summed E-state index contributed by atoms with van der Waals surface area (Å²) in [5.41, 5.74) is 1.10. The smallest absolute Gasteiger partial charge is 0.228 e. The van der Waals surface area contributed by atoms with Crippen molar-refractivity contribution in [1.82, 2.24) is 20.2 Å². The number of hydrogen-bond acceptors (Lipinski definition) is 7. The summed E-state index contributed by atoms with van der Waals surface area (Å²) in [6, 6.07) is 14.5. The monoisotopic (exact) mass is 558 g/mol. The number of anilines is 2. The van der Waals surface area contributed by atoms with Crippen LogP contribution in [-0.4, -0.2) is 77.4 Å². The molecule has 8 rings (SSSR count). The van der Waals surface area contributed by atoms with E-state index in [-0.39, 0.29) is 21.9 Å². The minimum Gasteiger partial charge on any atom is -0.508 e. The fourth-order valence-corrected chi connectivity index (χ4v) is 7.84. The van der Waals surface area contributed by atoms with Crippen LogP contribution in [-0.2, 0) is 0 Å². The Balaban J connectivity index is 1.34. The number of benzene rings is 3. The van der Waals surface area contributed by atoms with Gasteiger partial charge in [-0.05, 0) is 67.3 Å². The van der Waals surface area contributed by atoms with E-state index >= 15 is 4.39 Å². The Labute approximate surface area is 237 Å². The second kappa shape index (κ2) is 9.16. The van der Waals surface area contributed by atoms with E-state index in [0.29, 0.717) is 41.1 Å². The molecule has 2 N–H and O–H groups in total. The Morgan fingerprint density at radius 3 is 2.38 bits per heavy atom. The zero-order valence-electron chi connectivity index (χ0n) is 22.4. The van der Waals surface area contributed by atoms with E-state index in [0.717, 1.165) is 68.5 Å². The van der Waals surface area contributed by atoms with Crippen molar-refractivity contribution in [2.75, 3.05) is 43.0 Å². The van der Waals surface area contributed by atoms with Gasteiger partial charge in [0.1, 0.15) is 17.1 Å². The predicted octanol–water partition coefficient (Wildman–Crippen LogP) is 5.17. The highest BCUT2D eigenvalue weighted by Gasteiger charge is 2.39. The molecule has 4 aliphatic rings. The Morgan fingerprint density at radius 2 is 1.62 bits per heavy atom. The van der Waals surface area contributed by atoms with Crippen LogP contribution in [0.3, 0.4) is 0 Å². The summed E-state index contributed by atoms with van der Waals surface area (Å²) in [6.07, 6.45) is 4.61. The van der Waals surface area contributed by atoms with E-state index in [9.17, 15) is 5.11 Å². The van der Waals surface area contributed by atoms with E-state index in [1.54, 1.807) is 12.1 Å². The number of phenols is 1. The van der Waals surface area contributed by atoms with Crippen molar-refractivity contribution in [2.45, 2.75) is 49.9 Å². The van der Waals surface area contributed by atoms with Crippen LogP contribution in [0.4, 0.5) is 16.2 Å². The van der Waals surface area contributed by atoms with Gasteiger partial charge >= 0.3 is 0 Å². The van der Waals surface area contributed by atoms with Gasteiger partial charge in [-0.25, -0.2) is 9.37 Å². The summed E-state index contributed by atoms with van der Waals surface area (Å²) < 4.78 is 16.8. The van der Waals surface area contributed by atoms with Gasteiger partial charge in [-0.2, -0.15) is 4.98 Å². The molecule has 4 atom stereocenters. The third-order valence-corrected chi connectivity index (χ3v) is 9.91.